The predicted octanol–water partition coefficient (Wildman–Crippen LogP) is 0.760. The predicted molar refractivity (Wildman–Crippen MR) is 81.5 cm³/mol. The maximum atomic E-state index is 12.1. The fraction of sp³-hybridized carbons (Fsp3) is 0.333. The summed E-state index contributed by atoms with van der Waals surface area (Å²) in [5.41, 5.74) is 1.30. The Morgan fingerprint density at radius 1 is 1.26 bits per heavy atom. The first-order valence-corrected chi connectivity index (χ1v) is 7.22. The second-order valence-electron chi connectivity index (χ2n) is 5.31. The molecule has 1 aromatic carbocycles. The average Bonchev–Trinajstić information content (AvgIpc) is 2.55. The second-order valence-corrected chi connectivity index (χ2v) is 5.31. The van der Waals surface area contributed by atoms with Gasteiger partial charge in [-0.15, -0.1) is 0 Å². The van der Waals surface area contributed by atoms with Gasteiger partial charge in [0.1, 0.15) is 0 Å². The van der Waals surface area contributed by atoms with E-state index >= 15 is 0 Å². The molecule has 0 bridgehead atoms. The molecule has 0 unspecified atom stereocenters. The highest BCUT2D eigenvalue weighted by Gasteiger charge is 2.18. The number of fused-ring (bicyclic) bond motifs is 1. The molecule has 1 aliphatic heterocycles. The number of aryl methyl sites for hydroxylation is 1. The lowest BCUT2D eigenvalue weighted by Gasteiger charge is -2.20. The van der Waals surface area contributed by atoms with Gasteiger partial charge in [-0.05, 0) is 12.0 Å². The number of ether oxygens (including phenoxy) is 1. The third-order valence-corrected chi connectivity index (χ3v) is 3.91. The minimum Gasteiger partial charge on any atom is -0.376 e. The topological polar surface area (TPSA) is 107 Å². The molecule has 0 fully saturated rings. The Kier molecular flexibility index (Phi) is 4.07. The smallest absolute Gasteiger partial charge is 0.328 e. The number of hydrogen-bond acceptors (Lipinski definition) is 5. The molecule has 0 radical (unpaired) electrons. The van der Waals surface area contributed by atoms with E-state index in [-0.39, 0.29) is 12.3 Å². The summed E-state index contributed by atoms with van der Waals surface area (Å²) < 4.78 is 6.83. The average molecular weight is 317 g/mol. The minimum absolute atomic E-state index is 0.0319. The number of hydrogen-bond donors (Lipinski definition) is 1. The lowest BCUT2D eigenvalue weighted by atomic mass is 10.1. The molecule has 8 nitrogen and oxygen atoms in total. The second kappa shape index (κ2) is 6.17. The van der Waals surface area contributed by atoms with Crippen molar-refractivity contribution in [2.24, 2.45) is 0 Å². The number of non-ortho nitro benzene ring substituents is 1. The summed E-state index contributed by atoms with van der Waals surface area (Å²) in [4.78, 5) is 36.4. The molecule has 1 aromatic heterocycles. The number of aromatic nitrogens is 2. The molecule has 0 saturated carbocycles. The van der Waals surface area contributed by atoms with Crippen LogP contribution in [-0.2, 0) is 30.7 Å². The quantitative estimate of drug-likeness (QED) is 0.661. The maximum absolute atomic E-state index is 12.1. The third kappa shape index (κ3) is 3.07. The van der Waals surface area contributed by atoms with Crippen LogP contribution < -0.4 is 11.2 Å². The van der Waals surface area contributed by atoms with Crippen molar-refractivity contribution in [3.05, 3.63) is 72.0 Å². The van der Waals surface area contributed by atoms with E-state index < -0.39 is 16.2 Å². The molecule has 2 aromatic rings. The molecule has 1 aliphatic rings. The first kappa shape index (κ1) is 15.2. The number of rotatable bonds is 4. The number of nitro groups is 1. The van der Waals surface area contributed by atoms with Crippen LogP contribution in [0.25, 0.3) is 0 Å². The molecular formula is C15H15N3O5. The molecule has 3 rings (SSSR count). The van der Waals surface area contributed by atoms with Crippen molar-refractivity contribution in [3.8, 4) is 0 Å². The van der Waals surface area contributed by atoms with Gasteiger partial charge >= 0.3 is 5.69 Å². The Bertz CT molecular complexity index is 851. The lowest BCUT2D eigenvalue weighted by Crippen LogP contribution is -2.38. The summed E-state index contributed by atoms with van der Waals surface area (Å²) in [5, 5.41) is 10.6. The highest BCUT2D eigenvalue weighted by atomic mass is 16.6. The SMILES string of the molecule is O=c1[nH]c(=O)n(CCc2ccc([N+](=O)[O-])cc2)c2c1COCC2. The van der Waals surface area contributed by atoms with Crippen LogP contribution in [0.3, 0.4) is 0 Å². The van der Waals surface area contributed by atoms with E-state index in [2.05, 4.69) is 4.98 Å². The fourth-order valence-electron chi connectivity index (χ4n) is 2.70. The van der Waals surface area contributed by atoms with Crippen LogP contribution in [0, 0.1) is 10.1 Å². The van der Waals surface area contributed by atoms with Crippen LogP contribution >= 0.6 is 0 Å². The summed E-state index contributed by atoms with van der Waals surface area (Å²) >= 11 is 0. The summed E-state index contributed by atoms with van der Waals surface area (Å²) in [6, 6.07) is 6.22. The molecular weight excluding hydrogens is 302 g/mol. The van der Waals surface area contributed by atoms with Gasteiger partial charge in [-0.25, -0.2) is 4.79 Å². The van der Waals surface area contributed by atoms with E-state index in [1.807, 2.05) is 0 Å². The van der Waals surface area contributed by atoms with Gasteiger partial charge in [-0.1, -0.05) is 12.1 Å². The Hall–Kier alpha value is -2.74. The van der Waals surface area contributed by atoms with E-state index in [1.54, 1.807) is 16.7 Å². The normalized spacial score (nSPS) is 13.6. The van der Waals surface area contributed by atoms with Gasteiger partial charge in [-0.2, -0.15) is 0 Å². The largest absolute Gasteiger partial charge is 0.376 e. The fourth-order valence-corrected chi connectivity index (χ4v) is 2.70. The van der Waals surface area contributed by atoms with Crippen molar-refractivity contribution in [1.29, 1.82) is 0 Å². The van der Waals surface area contributed by atoms with Crippen molar-refractivity contribution in [1.82, 2.24) is 9.55 Å². The molecule has 0 aliphatic carbocycles. The zero-order chi connectivity index (χ0) is 16.4. The molecule has 0 amide bonds. The Morgan fingerprint density at radius 2 is 2.00 bits per heavy atom. The van der Waals surface area contributed by atoms with Crippen molar-refractivity contribution in [3.63, 3.8) is 0 Å². The summed E-state index contributed by atoms with van der Waals surface area (Å²) in [6.07, 6.45) is 1.06. The van der Waals surface area contributed by atoms with Gasteiger partial charge in [0.15, 0.2) is 0 Å². The van der Waals surface area contributed by atoms with Crippen LogP contribution in [0.4, 0.5) is 5.69 Å². The molecule has 1 N–H and O–H groups in total. The van der Waals surface area contributed by atoms with Crippen LogP contribution in [0.5, 0.6) is 0 Å². The molecule has 0 spiro atoms. The van der Waals surface area contributed by atoms with Crippen LogP contribution in [0.15, 0.2) is 33.9 Å². The first-order valence-electron chi connectivity index (χ1n) is 7.22. The number of H-pyrrole nitrogens is 1. The first-order chi connectivity index (χ1) is 11.1. The van der Waals surface area contributed by atoms with Crippen molar-refractivity contribution in [2.45, 2.75) is 26.0 Å². The van der Waals surface area contributed by atoms with E-state index in [1.165, 1.54) is 12.1 Å². The Labute approximate surface area is 130 Å². The highest BCUT2D eigenvalue weighted by Crippen LogP contribution is 2.14. The Morgan fingerprint density at radius 3 is 2.70 bits per heavy atom. The van der Waals surface area contributed by atoms with Crippen molar-refractivity contribution >= 4 is 5.69 Å². The van der Waals surface area contributed by atoms with E-state index in [4.69, 9.17) is 4.74 Å². The molecule has 8 heteroatoms. The van der Waals surface area contributed by atoms with Crippen molar-refractivity contribution < 1.29 is 9.66 Å². The summed E-state index contributed by atoms with van der Waals surface area (Å²) in [5.74, 6) is 0. The van der Waals surface area contributed by atoms with Crippen LogP contribution in [0.2, 0.25) is 0 Å². The zero-order valence-electron chi connectivity index (χ0n) is 12.3. The van der Waals surface area contributed by atoms with Gasteiger partial charge in [-0.3, -0.25) is 24.5 Å². The number of nitro benzene ring substituents is 1. The third-order valence-electron chi connectivity index (χ3n) is 3.91. The zero-order valence-corrected chi connectivity index (χ0v) is 12.3. The van der Waals surface area contributed by atoms with E-state index in [0.29, 0.717) is 37.3 Å². The van der Waals surface area contributed by atoms with Gasteiger partial charge in [0.2, 0.25) is 0 Å². The standard InChI is InChI=1S/C15H15N3O5/c19-14-12-9-23-8-6-13(12)17(15(20)16-14)7-5-10-1-3-11(4-2-10)18(21)22/h1-4H,5-9H2,(H,16,19,20). The van der Waals surface area contributed by atoms with E-state index in [9.17, 15) is 19.7 Å². The number of aromatic amines is 1. The van der Waals surface area contributed by atoms with Crippen LogP contribution in [0.1, 0.15) is 16.8 Å². The lowest BCUT2D eigenvalue weighted by molar-refractivity contribution is -0.384. The highest BCUT2D eigenvalue weighted by molar-refractivity contribution is 5.33. The maximum Gasteiger partial charge on any atom is 0.328 e. The summed E-state index contributed by atoms with van der Waals surface area (Å²) in [7, 11) is 0. The van der Waals surface area contributed by atoms with Crippen LogP contribution in [-0.4, -0.2) is 21.1 Å². The molecule has 0 atom stereocenters. The van der Waals surface area contributed by atoms with Gasteiger partial charge in [0.05, 0.1) is 23.7 Å². The molecule has 23 heavy (non-hydrogen) atoms. The molecule has 2 heterocycles. The minimum atomic E-state index is -0.452. The number of benzene rings is 1. The molecule has 120 valence electrons. The monoisotopic (exact) mass is 317 g/mol. The van der Waals surface area contributed by atoms with Gasteiger partial charge in [0.25, 0.3) is 11.2 Å². The number of nitrogens with zero attached hydrogens (tertiary/aromatic N) is 2. The van der Waals surface area contributed by atoms with Crippen molar-refractivity contribution in [2.75, 3.05) is 6.61 Å². The van der Waals surface area contributed by atoms with Gasteiger partial charge in [0, 0.05) is 30.8 Å². The molecule has 0 saturated heterocycles. The Balaban J connectivity index is 1.84. The van der Waals surface area contributed by atoms with Gasteiger partial charge < -0.3 is 4.74 Å². The van der Waals surface area contributed by atoms with E-state index in [0.717, 1.165) is 5.56 Å². The number of nitrogens with one attached hydrogen (secondary N) is 1. The summed E-state index contributed by atoms with van der Waals surface area (Å²) in [6.45, 7) is 1.09.